The first-order valence-corrected chi connectivity index (χ1v) is 17.3. The van der Waals surface area contributed by atoms with Crippen molar-refractivity contribution in [2.45, 2.75) is 31.1 Å². The highest BCUT2D eigenvalue weighted by Gasteiger charge is 2.39. The van der Waals surface area contributed by atoms with E-state index in [9.17, 15) is 0 Å². The van der Waals surface area contributed by atoms with Crippen LogP contribution >= 0.6 is 0 Å². The summed E-state index contributed by atoms with van der Waals surface area (Å²) in [6, 6.07) is 31.0. The first-order valence-electron chi connectivity index (χ1n) is 17.3. The molecule has 0 radical (unpaired) electrons. The minimum absolute atomic E-state index is 0.0274. The molecule has 0 bridgehead atoms. The Kier molecular flexibility index (Phi) is 7.42. The number of rotatable bonds is 6. The molecule has 6 heteroatoms. The smallest absolute Gasteiger partial charge is 0.101 e. The molecule has 244 valence electrons. The van der Waals surface area contributed by atoms with E-state index in [0.29, 0.717) is 0 Å². The third kappa shape index (κ3) is 5.03. The average Bonchev–Trinajstić information content (AvgIpc) is 3.67. The predicted octanol–water partition coefficient (Wildman–Crippen LogP) is 9.01. The van der Waals surface area contributed by atoms with Crippen molar-refractivity contribution >= 4 is 23.3 Å². The SMILES string of the molecule is C/C=C\C1=C(N)C2C=CC=CC2N1c1cccc(-c2cc(-c3ccc(N4c5ccccc5C5N=CC=CC54)cc3)nc(C3C=CC=CN3)c2)c1. The molecule has 5 heterocycles. The van der Waals surface area contributed by atoms with Crippen LogP contribution < -0.4 is 20.9 Å². The summed E-state index contributed by atoms with van der Waals surface area (Å²) in [7, 11) is 0. The molecule has 3 aromatic carbocycles. The molecule has 50 heavy (non-hydrogen) atoms. The van der Waals surface area contributed by atoms with Gasteiger partial charge in [0.25, 0.3) is 0 Å². The summed E-state index contributed by atoms with van der Waals surface area (Å²) in [5.74, 6) is 0.149. The molecule has 3 N–H and O–H groups in total. The zero-order chi connectivity index (χ0) is 33.6. The van der Waals surface area contributed by atoms with Gasteiger partial charge in [0, 0.05) is 46.0 Å². The van der Waals surface area contributed by atoms with Crippen molar-refractivity contribution in [3.8, 4) is 22.4 Å². The van der Waals surface area contributed by atoms with Crippen molar-refractivity contribution < 1.29 is 0 Å². The monoisotopic (exact) mass is 650 g/mol. The summed E-state index contributed by atoms with van der Waals surface area (Å²) >= 11 is 0. The Bertz CT molecular complexity index is 2210. The maximum atomic E-state index is 6.75. The quantitative estimate of drug-likeness (QED) is 0.218. The number of hydrogen-bond acceptors (Lipinski definition) is 6. The largest absolute Gasteiger partial charge is 0.400 e. The van der Waals surface area contributed by atoms with Gasteiger partial charge in [-0.15, -0.1) is 0 Å². The molecule has 5 unspecified atom stereocenters. The van der Waals surface area contributed by atoms with Gasteiger partial charge in [-0.2, -0.15) is 0 Å². The third-order valence-electron chi connectivity index (χ3n) is 10.3. The van der Waals surface area contributed by atoms with E-state index in [4.69, 9.17) is 15.7 Å². The third-order valence-corrected chi connectivity index (χ3v) is 10.3. The van der Waals surface area contributed by atoms with Crippen molar-refractivity contribution in [3.63, 3.8) is 0 Å². The number of hydrogen-bond donors (Lipinski definition) is 2. The Morgan fingerprint density at radius 1 is 0.720 bits per heavy atom. The number of aliphatic imine (C=N–C) groups is 1. The fraction of sp³-hybridized carbons (Fsp3) is 0.136. The van der Waals surface area contributed by atoms with Gasteiger partial charge < -0.3 is 20.9 Å². The second kappa shape index (κ2) is 12.4. The number of anilines is 3. The number of aromatic nitrogens is 1. The molecule has 1 aromatic heterocycles. The number of nitrogens with two attached hydrogens (primary N) is 1. The van der Waals surface area contributed by atoms with Gasteiger partial charge in [-0.25, -0.2) is 0 Å². The van der Waals surface area contributed by atoms with Crippen molar-refractivity contribution in [1.82, 2.24) is 10.3 Å². The summed E-state index contributed by atoms with van der Waals surface area (Å²) in [6.45, 7) is 2.04. The average molecular weight is 651 g/mol. The maximum Gasteiger partial charge on any atom is 0.101 e. The Morgan fingerprint density at radius 3 is 2.42 bits per heavy atom. The zero-order valence-corrected chi connectivity index (χ0v) is 27.8. The maximum absolute atomic E-state index is 6.75. The van der Waals surface area contributed by atoms with Gasteiger partial charge >= 0.3 is 0 Å². The van der Waals surface area contributed by atoms with E-state index in [1.54, 1.807) is 0 Å². The molecule has 0 saturated carbocycles. The van der Waals surface area contributed by atoms with Crippen LogP contribution in [-0.4, -0.2) is 23.3 Å². The van der Waals surface area contributed by atoms with Gasteiger partial charge in [-0.05, 0) is 84.9 Å². The fourth-order valence-electron chi connectivity index (χ4n) is 7.95. The van der Waals surface area contributed by atoms with E-state index in [1.807, 2.05) is 25.4 Å². The fourth-order valence-corrected chi connectivity index (χ4v) is 7.95. The predicted molar refractivity (Wildman–Crippen MR) is 206 cm³/mol. The van der Waals surface area contributed by atoms with Gasteiger partial charge in [0.05, 0.1) is 35.2 Å². The molecule has 0 amide bonds. The van der Waals surface area contributed by atoms with Crippen molar-refractivity contribution in [3.05, 3.63) is 181 Å². The van der Waals surface area contributed by atoms with Gasteiger partial charge in [0.1, 0.15) is 6.04 Å². The van der Waals surface area contributed by atoms with E-state index in [2.05, 4.69) is 161 Å². The Labute approximate surface area is 293 Å². The number of dihydropyridines is 2. The minimum atomic E-state index is -0.0274. The van der Waals surface area contributed by atoms with E-state index >= 15 is 0 Å². The molecule has 5 aliphatic rings. The molecular weight excluding hydrogens is 613 g/mol. The highest BCUT2D eigenvalue weighted by molar-refractivity contribution is 5.81. The number of para-hydroxylation sites is 1. The lowest BCUT2D eigenvalue weighted by Crippen LogP contribution is -2.32. The van der Waals surface area contributed by atoms with Gasteiger partial charge in [0.15, 0.2) is 0 Å². The van der Waals surface area contributed by atoms with Crippen molar-refractivity contribution in [2.75, 3.05) is 9.80 Å². The minimum Gasteiger partial charge on any atom is -0.400 e. The normalized spacial score (nSPS) is 24.2. The van der Waals surface area contributed by atoms with Crippen LogP contribution in [0.5, 0.6) is 0 Å². The topological polar surface area (TPSA) is 69.8 Å². The number of pyridine rings is 1. The number of nitrogens with one attached hydrogen (secondary N) is 1. The number of allylic oxidation sites excluding steroid dienone is 7. The zero-order valence-electron chi connectivity index (χ0n) is 27.8. The summed E-state index contributed by atoms with van der Waals surface area (Å²) in [5, 5.41) is 3.48. The molecule has 6 nitrogen and oxygen atoms in total. The summed E-state index contributed by atoms with van der Waals surface area (Å²) in [6.07, 6.45) is 27.3. The first kappa shape index (κ1) is 30.0. The summed E-state index contributed by atoms with van der Waals surface area (Å²) in [4.78, 5) is 14.8. The molecule has 9 rings (SSSR count). The Morgan fingerprint density at radius 2 is 1.56 bits per heavy atom. The Balaban J connectivity index is 1.10. The highest BCUT2D eigenvalue weighted by atomic mass is 15.2. The van der Waals surface area contributed by atoms with E-state index in [1.165, 1.54) is 11.3 Å². The molecule has 4 aromatic rings. The van der Waals surface area contributed by atoms with Crippen molar-refractivity contribution in [2.24, 2.45) is 16.6 Å². The summed E-state index contributed by atoms with van der Waals surface area (Å²) in [5.41, 5.74) is 18.6. The Hall–Kier alpha value is -6.14. The van der Waals surface area contributed by atoms with E-state index in [-0.39, 0.29) is 30.1 Å². The lowest BCUT2D eigenvalue weighted by Gasteiger charge is -2.30. The van der Waals surface area contributed by atoms with Gasteiger partial charge in [0.2, 0.25) is 0 Å². The molecule has 4 aliphatic heterocycles. The molecular formula is C44H38N6. The second-order valence-electron chi connectivity index (χ2n) is 13.2. The molecule has 0 saturated heterocycles. The van der Waals surface area contributed by atoms with Crippen molar-refractivity contribution in [1.29, 1.82) is 0 Å². The van der Waals surface area contributed by atoms with Gasteiger partial charge in [-0.1, -0.05) is 91.1 Å². The van der Waals surface area contributed by atoms with Crippen LogP contribution in [0.1, 0.15) is 30.3 Å². The molecule has 0 fully saturated rings. The van der Waals surface area contributed by atoms with Crippen LogP contribution in [-0.2, 0) is 0 Å². The number of fused-ring (bicyclic) bond motifs is 4. The van der Waals surface area contributed by atoms with Crippen LogP contribution in [0, 0.1) is 5.92 Å². The van der Waals surface area contributed by atoms with Crippen LogP contribution in [0.3, 0.4) is 0 Å². The lowest BCUT2D eigenvalue weighted by atomic mass is 9.94. The summed E-state index contributed by atoms with van der Waals surface area (Å²) < 4.78 is 0. The molecule has 5 atom stereocenters. The second-order valence-corrected chi connectivity index (χ2v) is 13.2. The number of benzene rings is 3. The molecule has 0 spiro atoms. The highest BCUT2D eigenvalue weighted by Crippen LogP contribution is 2.47. The first-order chi connectivity index (χ1) is 24.7. The lowest BCUT2D eigenvalue weighted by molar-refractivity contribution is 0.667. The number of nitrogens with zero attached hydrogens (tertiary/aromatic N) is 4. The van der Waals surface area contributed by atoms with E-state index in [0.717, 1.165) is 50.8 Å². The molecule has 1 aliphatic carbocycles. The standard InChI is InChI=1S/C44H38N6/c1-2-11-41-43(45)34-14-3-5-17-39(34)50(41)33-13-9-12-30(26-33)31-27-37(48-38(28-31)36-16-7-8-24-46-36)29-20-22-32(23-21-29)49-40-18-6-4-15-35(40)44-42(49)19-10-25-47-44/h2-28,34,36,39,42,44,46H,45H2,1H3/b11-2-. The van der Waals surface area contributed by atoms with Crippen LogP contribution in [0.25, 0.3) is 22.4 Å². The van der Waals surface area contributed by atoms with Crippen LogP contribution in [0.4, 0.5) is 17.1 Å². The van der Waals surface area contributed by atoms with Crippen LogP contribution in [0.2, 0.25) is 0 Å². The van der Waals surface area contributed by atoms with E-state index < -0.39 is 0 Å². The van der Waals surface area contributed by atoms with Crippen LogP contribution in [0.15, 0.2) is 174 Å². The van der Waals surface area contributed by atoms with Gasteiger partial charge in [-0.3, -0.25) is 9.98 Å².